The average Bonchev–Trinajstić information content (AvgIpc) is 2.71. The molecule has 1 aromatic heterocycles. The highest BCUT2D eigenvalue weighted by Crippen LogP contribution is 2.20. The summed E-state index contributed by atoms with van der Waals surface area (Å²) in [5.74, 6) is -1.33. The Balaban J connectivity index is 2.86. The van der Waals surface area contributed by atoms with Crippen molar-refractivity contribution in [3.05, 3.63) is 33.7 Å². The van der Waals surface area contributed by atoms with E-state index >= 15 is 0 Å². The molecule has 1 heterocycles. The molecule has 0 aliphatic rings. The topological polar surface area (TPSA) is 87.7 Å². The number of carbonyl (C=O) groups is 2. The van der Waals surface area contributed by atoms with Gasteiger partial charge in [0.15, 0.2) is 0 Å². The van der Waals surface area contributed by atoms with E-state index in [9.17, 15) is 14.4 Å². The molecule has 0 spiro atoms. The molecule has 0 saturated heterocycles. The molecule has 0 bridgehead atoms. The molecule has 100 valence electrons. The van der Waals surface area contributed by atoms with Crippen molar-refractivity contribution in [1.82, 2.24) is 4.74 Å². The summed E-state index contributed by atoms with van der Waals surface area (Å²) >= 11 is 0. The Morgan fingerprint density at radius 3 is 2.37 bits per heavy atom. The molecule has 7 heteroatoms. The Bertz CT molecular complexity index is 724. The predicted molar refractivity (Wildman–Crippen MR) is 64.1 cm³/mol. The molecule has 0 radical (unpaired) electrons. The van der Waals surface area contributed by atoms with Crippen molar-refractivity contribution in [2.45, 2.75) is 0 Å². The quantitative estimate of drug-likeness (QED) is 0.743. The molecule has 0 aliphatic heterocycles. The van der Waals surface area contributed by atoms with Gasteiger partial charge in [-0.1, -0.05) is 0 Å². The molecule has 7 nitrogen and oxygen atoms in total. The van der Waals surface area contributed by atoms with Crippen LogP contribution in [0.3, 0.4) is 0 Å². The van der Waals surface area contributed by atoms with E-state index in [2.05, 4.69) is 9.47 Å². The first kappa shape index (κ1) is 12.9. The summed E-state index contributed by atoms with van der Waals surface area (Å²) < 4.78 is 15.2. The smallest absolute Gasteiger partial charge is 0.365 e. The summed E-state index contributed by atoms with van der Waals surface area (Å²) in [4.78, 5) is 34.9. The van der Waals surface area contributed by atoms with Gasteiger partial charge >= 0.3 is 17.6 Å². The fourth-order valence-corrected chi connectivity index (χ4v) is 1.85. The van der Waals surface area contributed by atoms with Crippen LogP contribution >= 0.6 is 0 Å². The molecule has 1 aromatic carbocycles. The molecule has 0 atom stereocenters. The Morgan fingerprint density at radius 1 is 1.16 bits per heavy atom. The fraction of sp³-hybridized carbons (Fsp3) is 0.250. The summed E-state index contributed by atoms with van der Waals surface area (Å²) in [5, 5.41) is 0.116. The Labute approximate surface area is 107 Å². The van der Waals surface area contributed by atoms with Crippen molar-refractivity contribution < 1.29 is 23.6 Å². The maximum atomic E-state index is 11.7. The second kappa shape index (κ2) is 4.60. The number of ether oxygens (including phenoxy) is 2. The molecular formula is C12H11NO6. The van der Waals surface area contributed by atoms with Crippen LogP contribution in [0.1, 0.15) is 20.7 Å². The Morgan fingerprint density at radius 2 is 1.79 bits per heavy atom. The minimum atomic E-state index is -0.674. The fourth-order valence-electron chi connectivity index (χ4n) is 1.85. The van der Waals surface area contributed by atoms with Crippen LogP contribution in [0.2, 0.25) is 0 Å². The maximum Gasteiger partial charge on any atom is 0.365 e. The van der Waals surface area contributed by atoms with Crippen LogP contribution in [0, 0.1) is 0 Å². The molecule has 0 N–H and O–H groups in total. The third-order valence-corrected chi connectivity index (χ3v) is 2.69. The van der Waals surface area contributed by atoms with Crippen molar-refractivity contribution in [3.63, 3.8) is 0 Å². The normalized spacial score (nSPS) is 10.5. The molecule has 2 rings (SSSR count). The van der Waals surface area contributed by atoms with E-state index in [1.807, 2.05) is 0 Å². The monoisotopic (exact) mass is 265 g/mol. The molecule has 19 heavy (non-hydrogen) atoms. The summed E-state index contributed by atoms with van der Waals surface area (Å²) in [6.07, 6.45) is 0. The molecule has 0 amide bonds. The van der Waals surface area contributed by atoms with Crippen molar-refractivity contribution in [2.24, 2.45) is 7.05 Å². The van der Waals surface area contributed by atoms with E-state index in [-0.39, 0.29) is 22.0 Å². The van der Waals surface area contributed by atoms with Gasteiger partial charge < -0.3 is 14.0 Å². The number of rotatable bonds is 2. The van der Waals surface area contributed by atoms with E-state index in [1.165, 1.54) is 33.4 Å². The van der Waals surface area contributed by atoms with Crippen molar-refractivity contribution in [1.29, 1.82) is 0 Å². The summed E-state index contributed by atoms with van der Waals surface area (Å²) in [7, 11) is 3.89. The highest BCUT2D eigenvalue weighted by atomic mass is 16.5. The van der Waals surface area contributed by atoms with E-state index in [0.717, 1.165) is 4.74 Å². The van der Waals surface area contributed by atoms with Gasteiger partial charge in [-0.25, -0.2) is 19.1 Å². The molecule has 0 fully saturated rings. The van der Waals surface area contributed by atoms with Gasteiger partial charge in [-0.2, -0.15) is 0 Å². The number of aromatic nitrogens is 1. The third kappa shape index (κ3) is 1.99. The first-order chi connectivity index (χ1) is 8.99. The predicted octanol–water partition coefficient (Wildman–Crippen LogP) is 0.705. The summed E-state index contributed by atoms with van der Waals surface area (Å²) in [6.45, 7) is 0. The van der Waals surface area contributed by atoms with Crippen LogP contribution in [-0.2, 0) is 16.5 Å². The summed E-state index contributed by atoms with van der Waals surface area (Å²) in [5.41, 5.74) is -0.236. The second-order valence-corrected chi connectivity index (χ2v) is 3.78. The number of aryl methyl sites for hydroxylation is 1. The molecule has 0 saturated carbocycles. The number of hydrogen-bond acceptors (Lipinski definition) is 6. The first-order valence-electron chi connectivity index (χ1n) is 5.30. The number of benzene rings is 1. The first-order valence-corrected chi connectivity index (χ1v) is 5.30. The lowest BCUT2D eigenvalue weighted by atomic mass is 10.1. The zero-order valence-electron chi connectivity index (χ0n) is 10.6. The zero-order valence-corrected chi connectivity index (χ0v) is 10.6. The van der Waals surface area contributed by atoms with Gasteiger partial charge in [-0.3, -0.25) is 0 Å². The molecular weight excluding hydrogens is 254 g/mol. The minimum absolute atomic E-state index is 0.0637. The van der Waals surface area contributed by atoms with Crippen LogP contribution in [0.5, 0.6) is 0 Å². The maximum absolute atomic E-state index is 11.7. The van der Waals surface area contributed by atoms with Crippen LogP contribution < -0.4 is 5.63 Å². The molecule has 0 unspecified atom stereocenters. The lowest BCUT2D eigenvalue weighted by molar-refractivity contribution is 0.0600. The van der Waals surface area contributed by atoms with E-state index in [0.29, 0.717) is 0 Å². The minimum Gasteiger partial charge on any atom is -0.465 e. The van der Waals surface area contributed by atoms with Crippen molar-refractivity contribution in [3.8, 4) is 0 Å². The van der Waals surface area contributed by atoms with Crippen LogP contribution in [0.15, 0.2) is 21.5 Å². The standard InChI is InChI=1S/C12H11NO6/c1-13-9-7(11(15)18-3)4-6(10(14)17-2)5-8(9)12(16)19-13/h4-5H,1-3H3. The summed E-state index contributed by atoms with van der Waals surface area (Å²) in [6, 6.07) is 2.62. The lowest BCUT2D eigenvalue weighted by Crippen LogP contribution is -2.09. The van der Waals surface area contributed by atoms with Gasteiger partial charge in [0.1, 0.15) is 5.52 Å². The third-order valence-electron chi connectivity index (χ3n) is 2.69. The lowest BCUT2D eigenvalue weighted by Gasteiger charge is -2.05. The van der Waals surface area contributed by atoms with Crippen molar-refractivity contribution in [2.75, 3.05) is 14.2 Å². The number of hydrogen-bond donors (Lipinski definition) is 0. The molecule has 0 aliphatic carbocycles. The van der Waals surface area contributed by atoms with E-state index in [1.54, 1.807) is 0 Å². The largest absolute Gasteiger partial charge is 0.465 e. The van der Waals surface area contributed by atoms with Crippen LogP contribution in [-0.4, -0.2) is 30.9 Å². The van der Waals surface area contributed by atoms with Gasteiger partial charge in [0, 0.05) is 7.05 Å². The Kier molecular flexibility index (Phi) is 3.12. The van der Waals surface area contributed by atoms with Gasteiger partial charge in [-0.15, -0.1) is 0 Å². The highest BCUT2D eigenvalue weighted by Gasteiger charge is 2.21. The number of fused-ring (bicyclic) bond motifs is 1. The average molecular weight is 265 g/mol. The van der Waals surface area contributed by atoms with Gasteiger partial charge in [-0.05, 0) is 12.1 Å². The second-order valence-electron chi connectivity index (χ2n) is 3.78. The number of nitrogens with zero attached hydrogens (tertiary/aromatic N) is 1. The van der Waals surface area contributed by atoms with E-state index in [4.69, 9.17) is 4.52 Å². The van der Waals surface area contributed by atoms with Gasteiger partial charge in [0.05, 0.1) is 30.7 Å². The van der Waals surface area contributed by atoms with Crippen molar-refractivity contribution >= 4 is 22.8 Å². The number of esters is 2. The molecule has 2 aromatic rings. The zero-order chi connectivity index (χ0) is 14.2. The Hall–Kier alpha value is -2.57. The van der Waals surface area contributed by atoms with Crippen LogP contribution in [0.4, 0.5) is 0 Å². The van der Waals surface area contributed by atoms with Crippen LogP contribution in [0.25, 0.3) is 10.9 Å². The van der Waals surface area contributed by atoms with E-state index < -0.39 is 17.6 Å². The SMILES string of the molecule is COC(=O)c1cc(C(=O)OC)c2c(c1)c(=O)on2C. The number of methoxy groups -OCH3 is 2. The number of carbonyl (C=O) groups excluding carboxylic acids is 2. The van der Waals surface area contributed by atoms with Gasteiger partial charge in [0.25, 0.3) is 0 Å². The highest BCUT2D eigenvalue weighted by molar-refractivity contribution is 6.06. The van der Waals surface area contributed by atoms with Gasteiger partial charge in [0.2, 0.25) is 0 Å².